The second kappa shape index (κ2) is 8.32. The summed E-state index contributed by atoms with van der Waals surface area (Å²) in [6.45, 7) is 0. The van der Waals surface area contributed by atoms with E-state index < -0.39 is 0 Å². The number of carbonyl (C=O) groups excluding carboxylic acids is 1. The molecule has 8 heteroatoms. The molecule has 0 radical (unpaired) electrons. The number of rotatable bonds is 6. The summed E-state index contributed by atoms with van der Waals surface area (Å²) in [5.74, 6) is 1.32. The Bertz CT molecular complexity index is 1430. The number of para-hydroxylation sites is 1. The number of imidazole rings is 1. The fraction of sp³-hybridized carbons (Fsp3) is 0.125. The third kappa shape index (κ3) is 3.65. The van der Waals surface area contributed by atoms with E-state index in [1.807, 2.05) is 64.5 Å². The van der Waals surface area contributed by atoms with Crippen LogP contribution in [0.15, 0.2) is 66.3 Å². The highest BCUT2D eigenvalue weighted by molar-refractivity contribution is 7.15. The number of amides is 1. The predicted molar refractivity (Wildman–Crippen MR) is 126 cm³/mol. The minimum Gasteiger partial charge on any atom is -0.497 e. The first kappa shape index (κ1) is 20.0. The Morgan fingerprint density at radius 1 is 1.12 bits per heavy atom. The van der Waals surface area contributed by atoms with E-state index in [0.29, 0.717) is 11.4 Å². The largest absolute Gasteiger partial charge is 0.497 e. The molecule has 160 valence electrons. The standard InChI is InChI=1S/C24H20N4O3S/c1-30-17-8-9-21(31-2)18(12-17)20-13-28-16(14-32-24(28)27-20)11-22(29)26-19-7-3-5-15-6-4-10-25-23(15)19/h3-10,12-14H,11H2,1-2H3,(H,26,29). The normalized spacial score (nSPS) is 11.1. The number of anilines is 1. The van der Waals surface area contributed by atoms with Gasteiger partial charge in [-0.25, -0.2) is 4.98 Å². The molecule has 1 amide bonds. The number of thiazole rings is 1. The van der Waals surface area contributed by atoms with Crippen LogP contribution >= 0.6 is 11.3 Å². The van der Waals surface area contributed by atoms with Gasteiger partial charge in [-0.05, 0) is 30.3 Å². The monoisotopic (exact) mass is 444 g/mol. The van der Waals surface area contributed by atoms with Crippen LogP contribution in [0.5, 0.6) is 11.5 Å². The van der Waals surface area contributed by atoms with Crippen LogP contribution in [-0.4, -0.2) is 34.5 Å². The number of nitrogens with zero attached hydrogens (tertiary/aromatic N) is 3. The van der Waals surface area contributed by atoms with Crippen LogP contribution in [0.3, 0.4) is 0 Å². The molecule has 1 N–H and O–H groups in total. The lowest BCUT2D eigenvalue weighted by molar-refractivity contribution is -0.115. The van der Waals surface area contributed by atoms with Crippen molar-refractivity contribution in [3.63, 3.8) is 0 Å². The minimum atomic E-state index is -0.114. The summed E-state index contributed by atoms with van der Waals surface area (Å²) in [4.78, 5) is 22.8. The van der Waals surface area contributed by atoms with E-state index in [0.717, 1.165) is 38.6 Å². The van der Waals surface area contributed by atoms with Gasteiger partial charge in [0.05, 0.1) is 37.5 Å². The molecular formula is C24H20N4O3S. The number of benzene rings is 2. The van der Waals surface area contributed by atoms with Crippen LogP contribution in [0, 0.1) is 0 Å². The number of pyridine rings is 1. The second-order valence-electron chi connectivity index (χ2n) is 7.18. The Morgan fingerprint density at radius 3 is 2.84 bits per heavy atom. The van der Waals surface area contributed by atoms with Gasteiger partial charge < -0.3 is 14.8 Å². The molecule has 0 fully saturated rings. The van der Waals surface area contributed by atoms with Gasteiger partial charge in [0.1, 0.15) is 11.5 Å². The number of ether oxygens (including phenoxy) is 2. The van der Waals surface area contributed by atoms with Gasteiger partial charge in [0.2, 0.25) is 5.91 Å². The smallest absolute Gasteiger partial charge is 0.230 e. The van der Waals surface area contributed by atoms with Crippen molar-refractivity contribution in [3.05, 3.63) is 72.0 Å². The predicted octanol–water partition coefficient (Wildman–Crippen LogP) is 4.81. The maximum absolute atomic E-state index is 12.8. The average molecular weight is 445 g/mol. The number of fused-ring (bicyclic) bond motifs is 2. The van der Waals surface area contributed by atoms with Crippen LogP contribution in [-0.2, 0) is 11.2 Å². The van der Waals surface area contributed by atoms with Crippen LogP contribution < -0.4 is 14.8 Å². The Kier molecular flexibility index (Phi) is 5.20. The molecule has 0 saturated carbocycles. The summed E-state index contributed by atoms with van der Waals surface area (Å²) in [6.07, 6.45) is 3.86. The first-order valence-electron chi connectivity index (χ1n) is 9.97. The van der Waals surface area contributed by atoms with Crippen molar-refractivity contribution in [2.24, 2.45) is 0 Å². The second-order valence-corrected chi connectivity index (χ2v) is 8.01. The number of nitrogens with one attached hydrogen (secondary N) is 1. The summed E-state index contributed by atoms with van der Waals surface area (Å²) < 4.78 is 12.8. The highest BCUT2D eigenvalue weighted by Crippen LogP contribution is 2.34. The summed E-state index contributed by atoms with van der Waals surface area (Å²) in [5, 5.41) is 5.93. The van der Waals surface area contributed by atoms with Gasteiger partial charge in [0.15, 0.2) is 4.96 Å². The van der Waals surface area contributed by atoms with E-state index in [1.165, 1.54) is 11.3 Å². The Labute approximate surface area is 188 Å². The molecule has 0 spiro atoms. The number of hydrogen-bond donors (Lipinski definition) is 1. The Balaban J connectivity index is 1.42. The third-order valence-corrected chi connectivity index (χ3v) is 6.10. The van der Waals surface area contributed by atoms with E-state index in [9.17, 15) is 4.79 Å². The quantitative estimate of drug-likeness (QED) is 0.407. The molecule has 0 aliphatic carbocycles. The molecule has 32 heavy (non-hydrogen) atoms. The van der Waals surface area contributed by atoms with Gasteiger partial charge in [-0.3, -0.25) is 14.2 Å². The Hall–Kier alpha value is -3.91. The Morgan fingerprint density at radius 2 is 2.00 bits per heavy atom. The zero-order valence-corrected chi connectivity index (χ0v) is 18.3. The van der Waals surface area contributed by atoms with Gasteiger partial charge >= 0.3 is 0 Å². The molecule has 5 aromatic rings. The molecular weight excluding hydrogens is 424 g/mol. The first-order valence-corrected chi connectivity index (χ1v) is 10.9. The average Bonchev–Trinajstić information content (AvgIpc) is 3.41. The van der Waals surface area contributed by atoms with Gasteiger partial charge in [-0.2, -0.15) is 0 Å². The lowest BCUT2D eigenvalue weighted by Crippen LogP contribution is -2.15. The topological polar surface area (TPSA) is 77.8 Å². The zero-order valence-electron chi connectivity index (χ0n) is 17.5. The zero-order chi connectivity index (χ0) is 22.1. The van der Waals surface area contributed by atoms with Crippen molar-refractivity contribution in [3.8, 4) is 22.8 Å². The molecule has 7 nitrogen and oxygen atoms in total. The summed E-state index contributed by atoms with van der Waals surface area (Å²) >= 11 is 1.49. The van der Waals surface area contributed by atoms with Crippen LogP contribution in [0.1, 0.15) is 5.69 Å². The number of hydrogen-bond acceptors (Lipinski definition) is 6. The van der Waals surface area contributed by atoms with Gasteiger partial charge in [0, 0.05) is 34.4 Å². The molecule has 3 aromatic heterocycles. The number of methoxy groups -OCH3 is 2. The van der Waals surface area contributed by atoms with Gasteiger partial charge in [-0.15, -0.1) is 11.3 Å². The van der Waals surface area contributed by atoms with Gasteiger partial charge in [-0.1, -0.05) is 18.2 Å². The van der Waals surface area contributed by atoms with E-state index in [2.05, 4.69) is 10.3 Å². The van der Waals surface area contributed by atoms with Crippen molar-refractivity contribution in [1.29, 1.82) is 0 Å². The molecule has 3 heterocycles. The maximum Gasteiger partial charge on any atom is 0.230 e. The first-order chi connectivity index (χ1) is 15.7. The van der Waals surface area contributed by atoms with E-state index >= 15 is 0 Å². The fourth-order valence-corrected chi connectivity index (χ4v) is 4.54. The van der Waals surface area contributed by atoms with Crippen molar-refractivity contribution in [2.75, 3.05) is 19.5 Å². The molecule has 0 aliphatic heterocycles. The highest BCUT2D eigenvalue weighted by Gasteiger charge is 2.16. The molecule has 5 rings (SSSR count). The van der Waals surface area contributed by atoms with Crippen LogP contribution in [0.4, 0.5) is 5.69 Å². The van der Waals surface area contributed by atoms with Crippen molar-refractivity contribution >= 4 is 38.8 Å². The van der Waals surface area contributed by atoms with Gasteiger partial charge in [0.25, 0.3) is 0 Å². The fourth-order valence-electron chi connectivity index (χ4n) is 3.66. The lowest BCUT2D eigenvalue weighted by atomic mass is 10.1. The van der Waals surface area contributed by atoms with Crippen molar-refractivity contribution < 1.29 is 14.3 Å². The minimum absolute atomic E-state index is 0.114. The molecule has 0 atom stereocenters. The summed E-state index contributed by atoms with van der Waals surface area (Å²) in [7, 11) is 3.25. The van der Waals surface area contributed by atoms with Crippen LogP contribution in [0.25, 0.3) is 27.1 Å². The lowest BCUT2D eigenvalue weighted by Gasteiger charge is -2.08. The number of carbonyl (C=O) groups is 1. The van der Waals surface area contributed by atoms with E-state index in [-0.39, 0.29) is 12.3 Å². The molecule has 0 saturated heterocycles. The van der Waals surface area contributed by atoms with Crippen molar-refractivity contribution in [2.45, 2.75) is 6.42 Å². The number of aromatic nitrogens is 3. The molecule has 0 aliphatic rings. The molecule has 2 aromatic carbocycles. The summed E-state index contributed by atoms with van der Waals surface area (Å²) in [6, 6.07) is 15.2. The summed E-state index contributed by atoms with van der Waals surface area (Å²) in [5.41, 5.74) is 3.92. The molecule has 0 unspecified atom stereocenters. The highest BCUT2D eigenvalue weighted by atomic mass is 32.1. The van der Waals surface area contributed by atoms with E-state index in [1.54, 1.807) is 20.4 Å². The molecule has 0 bridgehead atoms. The van der Waals surface area contributed by atoms with E-state index in [4.69, 9.17) is 14.5 Å². The maximum atomic E-state index is 12.8. The van der Waals surface area contributed by atoms with Crippen LogP contribution in [0.2, 0.25) is 0 Å². The third-order valence-electron chi connectivity index (χ3n) is 5.21. The van der Waals surface area contributed by atoms with Crippen molar-refractivity contribution in [1.82, 2.24) is 14.4 Å². The SMILES string of the molecule is COc1ccc(OC)c(-c2cn3c(CC(=O)Nc4cccc5cccnc45)csc3n2)c1.